The lowest BCUT2D eigenvalue weighted by Crippen LogP contribution is -2.38. The molecule has 2 unspecified atom stereocenters. The van der Waals surface area contributed by atoms with Crippen molar-refractivity contribution in [1.82, 2.24) is 0 Å². The van der Waals surface area contributed by atoms with Crippen LogP contribution >= 0.6 is 0 Å². The highest BCUT2D eigenvalue weighted by Crippen LogP contribution is 1.72. The maximum atomic E-state index is 5.19. The fraction of sp³-hybridized carbons (Fsp3) is 1.00. The first-order chi connectivity index (χ1) is 2.64. The van der Waals surface area contributed by atoms with E-state index in [2.05, 4.69) is 0 Å². The van der Waals surface area contributed by atoms with Gasteiger partial charge in [-0.25, -0.2) is 0 Å². The summed E-state index contributed by atoms with van der Waals surface area (Å²) in [5.74, 6) is -0.370. The average molecular weight is 83.9 g/mol. The van der Waals surface area contributed by atoms with Crippen LogP contribution in [0.3, 0.4) is 0 Å². The summed E-state index contributed by atoms with van der Waals surface area (Å²) < 4.78 is 0. The minimum Gasteiger partial charge on any atom is -0.335 e. The molecule has 0 aliphatic rings. The first kappa shape index (κ1) is 5.98. The van der Waals surface area contributed by atoms with Gasteiger partial charge in [-0.3, -0.25) is 0 Å². The van der Waals surface area contributed by atoms with E-state index >= 15 is 0 Å². The second-order valence-electron chi connectivity index (χ2n) is 1.44. The molecule has 0 aromatic carbocycles. The van der Waals surface area contributed by atoms with Gasteiger partial charge in [-0.2, -0.15) is 0 Å². The van der Waals surface area contributed by atoms with E-state index < -0.39 is 0 Å². The molecule has 6 heavy (non-hydrogen) atoms. The van der Waals surface area contributed by atoms with E-state index in [1.807, 2.05) is 0 Å². The zero-order chi connectivity index (χ0) is 5.15. The quantitative estimate of drug-likeness (QED) is 0.391. The van der Waals surface area contributed by atoms with Gasteiger partial charge in [0.25, 0.3) is 0 Å². The highest BCUT2D eigenvalue weighted by molar-refractivity contribution is 6.12. The van der Waals surface area contributed by atoms with Crippen molar-refractivity contribution in [3.05, 3.63) is 0 Å². The van der Waals surface area contributed by atoms with Crippen molar-refractivity contribution in [2.75, 3.05) is 0 Å². The molecule has 2 radical (unpaired) electrons. The van der Waals surface area contributed by atoms with Crippen molar-refractivity contribution in [2.45, 2.75) is 18.9 Å². The summed E-state index contributed by atoms with van der Waals surface area (Å²) in [4.78, 5) is 0. The summed E-state index contributed by atoms with van der Waals surface area (Å²) in [6.07, 6.45) is 0. The molecule has 0 aliphatic carbocycles. The van der Waals surface area contributed by atoms with Crippen LogP contribution in [0.5, 0.6) is 0 Å². The summed E-state index contributed by atoms with van der Waals surface area (Å²) in [5, 5.41) is 0. The molecular formula is C3H9BN2. The van der Waals surface area contributed by atoms with Gasteiger partial charge in [0.15, 0.2) is 0 Å². The lowest BCUT2D eigenvalue weighted by atomic mass is 9.92. The molecule has 0 aliphatic heterocycles. The molecule has 3 heteroatoms. The number of rotatable bonds is 1. The molecule has 0 spiro atoms. The monoisotopic (exact) mass is 84.1 g/mol. The van der Waals surface area contributed by atoms with Crippen LogP contribution in [-0.2, 0) is 0 Å². The number of nitrogens with two attached hydrogens (primary N) is 2. The molecule has 0 aromatic heterocycles. The summed E-state index contributed by atoms with van der Waals surface area (Å²) in [6.45, 7) is 1.77. The fourth-order valence-corrected chi connectivity index (χ4v) is 0. The predicted molar refractivity (Wildman–Crippen MR) is 27.4 cm³/mol. The van der Waals surface area contributed by atoms with Crippen molar-refractivity contribution >= 4 is 7.85 Å². The van der Waals surface area contributed by atoms with Gasteiger partial charge >= 0.3 is 0 Å². The zero-order valence-corrected chi connectivity index (χ0v) is 3.89. The van der Waals surface area contributed by atoms with Gasteiger partial charge in [-0.05, 0) is 12.9 Å². The Morgan fingerprint density at radius 1 is 1.50 bits per heavy atom. The van der Waals surface area contributed by atoms with E-state index in [0.29, 0.717) is 0 Å². The summed E-state index contributed by atoms with van der Waals surface area (Å²) in [7, 11) is 5.09. The second-order valence-corrected chi connectivity index (χ2v) is 1.44. The molecule has 0 heterocycles. The van der Waals surface area contributed by atoms with Crippen LogP contribution in [0, 0.1) is 0 Å². The molecule has 0 fully saturated rings. The van der Waals surface area contributed by atoms with Crippen LogP contribution in [0.2, 0.25) is 0 Å². The molecule has 2 atom stereocenters. The van der Waals surface area contributed by atoms with Crippen molar-refractivity contribution in [3.8, 4) is 0 Å². The van der Waals surface area contributed by atoms with Gasteiger partial charge in [0.1, 0.15) is 0 Å². The Morgan fingerprint density at radius 3 is 1.67 bits per heavy atom. The molecule has 0 rings (SSSR count). The van der Waals surface area contributed by atoms with E-state index in [4.69, 9.17) is 19.3 Å². The first-order valence-corrected chi connectivity index (χ1v) is 1.91. The average Bonchev–Trinajstić information content (AvgIpc) is 1.36. The van der Waals surface area contributed by atoms with Crippen molar-refractivity contribution in [1.29, 1.82) is 0 Å². The summed E-state index contributed by atoms with van der Waals surface area (Å²) in [5.41, 5.74) is 10.3. The Kier molecular flexibility index (Phi) is 2.20. The standard InChI is InChI=1S/C3H9BN2/c1-2(5)3(4)6/h2-3H,5-6H2,1H3. The highest BCUT2D eigenvalue weighted by Gasteiger charge is 1.95. The van der Waals surface area contributed by atoms with Gasteiger partial charge < -0.3 is 11.5 Å². The number of hydrogen-bond acceptors (Lipinski definition) is 2. The predicted octanol–water partition coefficient (Wildman–Crippen LogP) is -1.21. The van der Waals surface area contributed by atoms with Gasteiger partial charge in [0, 0.05) is 6.04 Å². The lowest BCUT2D eigenvalue weighted by molar-refractivity contribution is 0.700. The van der Waals surface area contributed by atoms with Crippen molar-refractivity contribution < 1.29 is 0 Å². The minimum atomic E-state index is -0.370. The Hall–Kier alpha value is -0.0151. The lowest BCUT2D eigenvalue weighted by Gasteiger charge is -2.06. The first-order valence-electron chi connectivity index (χ1n) is 1.91. The smallest absolute Gasteiger partial charge is 0.0924 e. The van der Waals surface area contributed by atoms with E-state index in [0.717, 1.165) is 0 Å². The molecule has 0 bridgehead atoms. The zero-order valence-electron chi connectivity index (χ0n) is 3.89. The topological polar surface area (TPSA) is 52.0 Å². The molecular weight excluding hydrogens is 74.9 g/mol. The molecule has 0 aromatic rings. The van der Waals surface area contributed by atoms with E-state index in [-0.39, 0.29) is 12.0 Å². The summed E-state index contributed by atoms with van der Waals surface area (Å²) in [6, 6.07) is -0.0926. The van der Waals surface area contributed by atoms with E-state index in [1.165, 1.54) is 0 Å². The molecule has 34 valence electrons. The minimum absolute atomic E-state index is 0.0926. The molecule has 4 N–H and O–H groups in total. The Bertz CT molecular complexity index is 29.8. The maximum Gasteiger partial charge on any atom is 0.0924 e. The van der Waals surface area contributed by atoms with Crippen LogP contribution in [-0.4, -0.2) is 19.8 Å². The SMILES string of the molecule is [B]C(N)C(C)N. The van der Waals surface area contributed by atoms with Gasteiger partial charge in [0.05, 0.1) is 7.85 Å². The van der Waals surface area contributed by atoms with Gasteiger partial charge in [-0.15, -0.1) is 0 Å². The summed E-state index contributed by atoms with van der Waals surface area (Å²) >= 11 is 0. The maximum absolute atomic E-state index is 5.19. The Balaban J connectivity index is 2.99. The van der Waals surface area contributed by atoms with Gasteiger partial charge in [0.2, 0.25) is 0 Å². The third-order valence-corrected chi connectivity index (χ3v) is 0.607. The van der Waals surface area contributed by atoms with Gasteiger partial charge in [-0.1, -0.05) is 0 Å². The van der Waals surface area contributed by atoms with E-state index in [9.17, 15) is 0 Å². The molecule has 0 saturated carbocycles. The number of hydrogen-bond donors (Lipinski definition) is 2. The molecule has 0 amide bonds. The van der Waals surface area contributed by atoms with Crippen LogP contribution < -0.4 is 11.5 Å². The normalized spacial score (nSPS) is 19.8. The van der Waals surface area contributed by atoms with Crippen molar-refractivity contribution in [2.24, 2.45) is 11.5 Å². The Labute approximate surface area is 39.3 Å². The third-order valence-electron chi connectivity index (χ3n) is 0.607. The molecule has 2 nitrogen and oxygen atoms in total. The van der Waals surface area contributed by atoms with Crippen LogP contribution in [0.15, 0.2) is 0 Å². The Morgan fingerprint density at radius 2 is 1.67 bits per heavy atom. The van der Waals surface area contributed by atoms with Crippen LogP contribution in [0.4, 0.5) is 0 Å². The largest absolute Gasteiger partial charge is 0.335 e. The van der Waals surface area contributed by atoms with Crippen LogP contribution in [0.25, 0.3) is 0 Å². The third kappa shape index (κ3) is 2.24. The highest BCUT2D eigenvalue weighted by atomic mass is 14.7. The second kappa shape index (κ2) is 2.21. The molecule has 0 saturated heterocycles. The van der Waals surface area contributed by atoms with Crippen molar-refractivity contribution in [3.63, 3.8) is 0 Å². The van der Waals surface area contributed by atoms with Crippen LogP contribution in [0.1, 0.15) is 6.92 Å². The van der Waals surface area contributed by atoms with E-state index in [1.54, 1.807) is 6.92 Å². The fourth-order valence-electron chi connectivity index (χ4n) is 0.